The molecule has 0 saturated heterocycles. The zero-order valence-corrected chi connectivity index (χ0v) is 13.2. The molecule has 7 heteroatoms. The number of nitrogens with zero attached hydrogens (tertiary/aromatic N) is 2. The third-order valence-electron chi connectivity index (χ3n) is 2.70. The molecule has 2 rings (SSSR count). The SMILES string of the molecule is Cc1ccc(CN(C)CC(=O)Nc2ncc(Cl)cc2Cl)o1. The van der Waals surface area contributed by atoms with Crippen molar-refractivity contribution in [3.63, 3.8) is 0 Å². The minimum atomic E-state index is -0.211. The predicted octanol–water partition coefficient (Wildman–Crippen LogP) is 3.36. The molecule has 112 valence electrons. The summed E-state index contributed by atoms with van der Waals surface area (Å²) in [6, 6.07) is 5.31. The smallest absolute Gasteiger partial charge is 0.239 e. The highest BCUT2D eigenvalue weighted by Crippen LogP contribution is 2.22. The Balaban J connectivity index is 1.89. The molecular formula is C14H15Cl2N3O2. The van der Waals surface area contributed by atoms with Crippen molar-refractivity contribution in [1.82, 2.24) is 9.88 Å². The predicted molar refractivity (Wildman–Crippen MR) is 82.7 cm³/mol. The van der Waals surface area contributed by atoms with Crippen LogP contribution in [0.2, 0.25) is 10.0 Å². The van der Waals surface area contributed by atoms with Crippen LogP contribution in [0.5, 0.6) is 0 Å². The number of aromatic nitrogens is 1. The molecule has 0 saturated carbocycles. The van der Waals surface area contributed by atoms with Gasteiger partial charge in [0.25, 0.3) is 0 Å². The number of hydrogen-bond acceptors (Lipinski definition) is 4. The summed E-state index contributed by atoms with van der Waals surface area (Å²) in [5.41, 5.74) is 0. The van der Waals surface area contributed by atoms with E-state index >= 15 is 0 Å². The van der Waals surface area contributed by atoms with Gasteiger partial charge in [-0.3, -0.25) is 9.69 Å². The van der Waals surface area contributed by atoms with Gasteiger partial charge < -0.3 is 9.73 Å². The number of amides is 1. The maximum absolute atomic E-state index is 11.9. The minimum absolute atomic E-state index is 0.195. The number of carbonyl (C=O) groups is 1. The van der Waals surface area contributed by atoms with Crippen LogP contribution in [-0.2, 0) is 11.3 Å². The van der Waals surface area contributed by atoms with Gasteiger partial charge in [0.05, 0.1) is 23.1 Å². The zero-order valence-electron chi connectivity index (χ0n) is 11.7. The van der Waals surface area contributed by atoms with Crippen molar-refractivity contribution < 1.29 is 9.21 Å². The van der Waals surface area contributed by atoms with Gasteiger partial charge in [-0.05, 0) is 32.2 Å². The molecule has 0 bridgehead atoms. The van der Waals surface area contributed by atoms with E-state index in [1.807, 2.05) is 31.0 Å². The summed E-state index contributed by atoms with van der Waals surface area (Å²) < 4.78 is 5.46. The van der Waals surface area contributed by atoms with Crippen LogP contribution in [0.4, 0.5) is 5.82 Å². The van der Waals surface area contributed by atoms with Crippen molar-refractivity contribution in [3.05, 3.63) is 46.0 Å². The first-order valence-corrected chi connectivity index (χ1v) is 7.04. The second-order valence-corrected chi connectivity index (χ2v) is 5.56. The number of carbonyl (C=O) groups excluding carboxylic acids is 1. The Labute approximate surface area is 132 Å². The molecule has 0 aromatic carbocycles. The highest BCUT2D eigenvalue weighted by molar-refractivity contribution is 6.36. The van der Waals surface area contributed by atoms with Crippen molar-refractivity contribution in [2.75, 3.05) is 18.9 Å². The summed E-state index contributed by atoms with van der Waals surface area (Å²) in [7, 11) is 1.83. The van der Waals surface area contributed by atoms with Gasteiger partial charge in [0.2, 0.25) is 5.91 Å². The number of furan rings is 1. The first kappa shape index (κ1) is 15.8. The van der Waals surface area contributed by atoms with Crippen molar-refractivity contribution in [1.29, 1.82) is 0 Å². The van der Waals surface area contributed by atoms with Crippen LogP contribution in [0.15, 0.2) is 28.8 Å². The van der Waals surface area contributed by atoms with Gasteiger partial charge in [-0.1, -0.05) is 23.2 Å². The Morgan fingerprint density at radius 2 is 2.19 bits per heavy atom. The molecule has 2 aromatic rings. The molecule has 21 heavy (non-hydrogen) atoms. The lowest BCUT2D eigenvalue weighted by atomic mass is 10.4. The minimum Gasteiger partial charge on any atom is -0.465 e. The second kappa shape index (κ2) is 6.93. The molecular weight excluding hydrogens is 313 g/mol. The van der Waals surface area contributed by atoms with Crippen LogP contribution in [0.25, 0.3) is 0 Å². The lowest BCUT2D eigenvalue weighted by Gasteiger charge is -2.15. The highest BCUT2D eigenvalue weighted by atomic mass is 35.5. The normalized spacial score (nSPS) is 10.9. The molecule has 0 aliphatic carbocycles. The van der Waals surface area contributed by atoms with Gasteiger partial charge in [-0.2, -0.15) is 0 Å². The first-order valence-electron chi connectivity index (χ1n) is 6.29. The van der Waals surface area contributed by atoms with E-state index in [0.717, 1.165) is 11.5 Å². The fourth-order valence-electron chi connectivity index (χ4n) is 1.82. The van der Waals surface area contributed by atoms with E-state index < -0.39 is 0 Å². The average molecular weight is 328 g/mol. The Morgan fingerprint density at radius 3 is 2.81 bits per heavy atom. The summed E-state index contributed by atoms with van der Waals surface area (Å²) in [5, 5.41) is 3.37. The number of hydrogen-bond donors (Lipinski definition) is 1. The molecule has 2 heterocycles. The van der Waals surface area contributed by atoms with Crippen LogP contribution >= 0.6 is 23.2 Å². The van der Waals surface area contributed by atoms with Crippen LogP contribution in [0, 0.1) is 6.92 Å². The lowest BCUT2D eigenvalue weighted by molar-refractivity contribution is -0.117. The second-order valence-electron chi connectivity index (χ2n) is 4.72. The molecule has 0 fully saturated rings. The molecule has 0 radical (unpaired) electrons. The third-order valence-corrected chi connectivity index (χ3v) is 3.20. The topological polar surface area (TPSA) is 58.4 Å². The van der Waals surface area contributed by atoms with Crippen molar-refractivity contribution in [2.45, 2.75) is 13.5 Å². The van der Waals surface area contributed by atoms with E-state index in [0.29, 0.717) is 22.4 Å². The summed E-state index contributed by atoms with van der Waals surface area (Å²) in [6.45, 7) is 2.62. The van der Waals surface area contributed by atoms with Crippen molar-refractivity contribution in [2.24, 2.45) is 0 Å². The lowest BCUT2D eigenvalue weighted by Crippen LogP contribution is -2.30. The van der Waals surface area contributed by atoms with E-state index in [1.54, 1.807) is 0 Å². The Morgan fingerprint density at radius 1 is 1.43 bits per heavy atom. The van der Waals surface area contributed by atoms with Gasteiger partial charge in [-0.15, -0.1) is 0 Å². The number of pyridine rings is 1. The fourth-order valence-corrected chi connectivity index (χ4v) is 2.24. The third kappa shape index (κ3) is 4.74. The van der Waals surface area contributed by atoms with E-state index in [-0.39, 0.29) is 12.5 Å². The monoisotopic (exact) mass is 327 g/mol. The van der Waals surface area contributed by atoms with Crippen LogP contribution < -0.4 is 5.32 Å². The van der Waals surface area contributed by atoms with Crippen LogP contribution in [0.3, 0.4) is 0 Å². The number of rotatable bonds is 5. The van der Waals surface area contributed by atoms with E-state index in [1.165, 1.54) is 12.3 Å². The van der Waals surface area contributed by atoms with Gasteiger partial charge in [0.15, 0.2) is 5.82 Å². The molecule has 0 aliphatic rings. The Bertz CT molecular complexity index is 643. The standard InChI is InChI=1S/C14H15Cl2N3O2/c1-9-3-4-11(21-9)7-19(2)8-13(20)18-14-12(16)5-10(15)6-17-14/h3-6H,7-8H2,1-2H3,(H,17,18,20). The Hall–Kier alpha value is -1.56. The number of anilines is 1. The molecule has 0 atom stereocenters. The number of halogens is 2. The average Bonchev–Trinajstić information content (AvgIpc) is 2.78. The molecule has 0 spiro atoms. The van der Waals surface area contributed by atoms with Gasteiger partial charge in [0.1, 0.15) is 11.5 Å². The summed E-state index contributed by atoms with van der Waals surface area (Å²) in [6.07, 6.45) is 1.43. The number of likely N-dealkylation sites (N-methyl/N-ethyl adjacent to an activating group) is 1. The highest BCUT2D eigenvalue weighted by Gasteiger charge is 2.11. The van der Waals surface area contributed by atoms with Gasteiger partial charge in [-0.25, -0.2) is 4.98 Å². The molecule has 2 aromatic heterocycles. The van der Waals surface area contributed by atoms with Crippen molar-refractivity contribution >= 4 is 34.9 Å². The molecule has 0 aliphatic heterocycles. The molecule has 5 nitrogen and oxygen atoms in total. The Kier molecular flexibility index (Phi) is 5.22. The van der Waals surface area contributed by atoms with Gasteiger partial charge in [0, 0.05) is 6.20 Å². The largest absolute Gasteiger partial charge is 0.465 e. The zero-order chi connectivity index (χ0) is 15.4. The first-order chi connectivity index (χ1) is 9.94. The van der Waals surface area contributed by atoms with Crippen molar-refractivity contribution in [3.8, 4) is 0 Å². The van der Waals surface area contributed by atoms with E-state index in [2.05, 4.69) is 10.3 Å². The van der Waals surface area contributed by atoms with Crippen LogP contribution in [0.1, 0.15) is 11.5 Å². The fraction of sp³-hybridized carbons (Fsp3) is 0.286. The molecule has 0 unspecified atom stereocenters. The summed E-state index contributed by atoms with van der Waals surface area (Å²) in [4.78, 5) is 17.8. The molecule has 1 N–H and O–H groups in total. The van der Waals surface area contributed by atoms with Crippen LogP contribution in [-0.4, -0.2) is 29.4 Å². The maximum Gasteiger partial charge on any atom is 0.239 e. The maximum atomic E-state index is 11.9. The summed E-state index contributed by atoms with van der Waals surface area (Å²) >= 11 is 11.7. The number of nitrogens with one attached hydrogen (secondary N) is 1. The van der Waals surface area contributed by atoms with E-state index in [9.17, 15) is 4.79 Å². The number of aryl methyl sites for hydroxylation is 1. The van der Waals surface area contributed by atoms with Gasteiger partial charge >= 0.3 is 0 Å². The summed E-state index contributed by atoms with van der Waals surface area (Å²) in [5.74, 6) is 1.75. The molecule has 1 amide bonds. The van der Waals surface area contributed by atoms with E-state index in [4.69, 9.17) is 27.6 Å². The quantitative estimate of drug-likeness (QED) is 0.914.